The van der Waals surface area contributed by atoms with Crippen LogP contribution in [0, 0.1) is 28.6 Å². The first-order valence-corrected chi connectivity index (χ1v) is 12.7. The van der Waals surface area contributed by atoms with Gasteiger partial charge in [0.15, 0.2) is 12.4 Å². The van der Waals surface area contributed by atoms with Crippen molar-refractivity contribution in [3.05, 3.63) is 59.7 Å². The van der Waals surface area contributed by atoms with Crippen molar-refractivity contribution < 1.29 is 33.4 Å². The SMILES string of the molecule is C[C@@H]1C[C@H]2[C@@H]3C[C@H](F)C4=CC(=O)C=C[C@]4(C)[C@@]34O[C@H]4C[C@]2(C)[C@@]1(O)C(=O)COC(=O)c1ccccc1. The number of alkyl halides is 1. The maximum absolute atomic E-state index is 15.6. The molecule has 0 bridgehead atoms. The van der Waals surface area contributed by atoms with Crippen molar-refractivity contribution in [1.82, 2.24) is 0 Å². The van der Waals surface area contributed by atoms with Gasteiger partial charge in [0.1, 0.15) is 17.4 Å². The van der Waals surface area contributed by atoms with Crippen LogP contribution >= 0.6 is 0 Å². The highest BCUT2D eigenvalue weighted by Gasteiger charge is 2.82. The molecule has 1 aromatic rings. The Kier molecular flexibility index (Phi) is 4.91. The number of halogens is 1. The minimum absolute atomic E-state index is 0.160. The number of ether oxygens (including phenoxy) is 2. The van der Waals surface area contributed by atoms with Crippen LogP contribution in [0.2, 0.25) is 0 Å². The molecule has 1 spiro atoms. The Hall–Kier alpha value is -2.64. The second-order valence-electron chi connectivity index (χ2n) is 11.7. The number of aliphatic hydroxyl groups is 1. The summed E-state index contributed by atoms with van der Waals surface area (Å²) >= 11 is 0. The molecule has 1 N–H and O–H groups in total. The van der Waals surface area contributed by atoms with Crippen LogP contribution in [0.25, 0.3) is 0 Å². The van der Waals surface area contributed by atoms with E-state index in [0.29, 0.717) is 24.0 Å². The van der Waals surface area contributed by atoms with Crippen molar-refractivity contribution in [1.29, 1.82) is 0 Å². The number of epoxide rings is 1. The molecule has 6 rings (SSSR count). The molecule has 3 saturated carbocycles. The largest absolute Gasteiger partial charge is 0.454 e. The number of hydrogen-bond donors (Lipinski definition) is 1. The maximum atomic E-state index is 15.6. The number of carbonyl (C=O) groups is 3. The number of allylic oxidation sites excluding steroid dienone is 2. The zero-order valence-corrected chi connectivity index (χ0v) is 20.7. The van der Waals surface area contributed by atoms with Crippen molar-refractivity contribution >= 4 is 17.5 Å². The molecule has 0 amide bonds. The first-order valence-electron chi connectivity index (χ1n) is 12.7. The summed E-state index contributed by atoms with van der Waals surface area (Å²) < 4.78 is 27.3. The van der Waals surface area contributed by atoms with Gasteiger partial charge in [-0.1, -0.05) is 38.1 Å². The molecule has 9 atom stereocenters. The summed E-state index contributed by atoms with van der Waals surface area (Å²) in [6.45, 7) is 5.17. The molecule has 0 radical (unpaired) electrons. The quantitative estimate of drug-likeness (QED) is 0.506. The topological polar surface area (TPSA) is 93.2 Å². The fourth-order valence-corrected chi connectivity index (χ4v) is 8.47. The lowest BCUT2D eigenvalue weighted by Crippen LogP contribution is -2.63. The van der Waals surface area contributed by atoms with Crippen molar-refractivity contribution in [2.75, 3.05) is 6.61 Å². The van der Waals surface area contributed by atoms with E-state index in [1.807, 2.05) is 20.8 Å². The number of esters is 1. The lowest BCUT2D eigenvalue weighted by atomic mass is 9.46. The van der Waals surface area contributed by atoms with Crippen LogP contribution in [-0.4, -0.2) is 52.7 Å². The van der Waals surface area contributed by atoms with Crippen LogP contribution in [-0.2, 0) is 19.1 Å². The van der Waals surface area contributed by atoms with Gasteiger partial charge in [-0.05, 0) is 73.8 Å². The van der Waals surface area contributed by atoms with Crippen molar-refractivity contribution in [2.24, 2.45) is 28.6 Å². The summed E-state index contributed by atoms with van der Waals surface area (Å²) in [7, 11) is 0. The minimum Gasteiger partial charge on any atom is -0.454 e. The van der Waals surface area contributed by atoms with Gasteiger partial charge in [0.05, 0.1) is 11.7 Å². The Morgan fingerprint density at radius 3 is 2.61 bits per heavy atom. The molecule has 4 fully saturated rings. The van der Waals surface area contributed by atoms with Crippen LogP contribution in [0.3, 0.4) is 0 Å². The number of carbonyl (C=O) groups excluding carboxylic acids is 3. The number of fused-ring (bicyclic) bond motifs is 3. The van der Waals surface area contributed by atoms with Crippen LogP contribution in [0.15, 0.2) is 54.1 Å². The zero-order chi connectivity index (χ0) is 25.7. The zero-order valence-electron chi connectivity index (χ0n) is 20.7. The molecule has 1 aromatic carbocycles. The van der Waals surface area contributed by atoms with E-state index < -0.39 is 52.5 Å². The van der Waals surface area contributed by atoms with Crippen molar-refractivity contribution in [3.8, 4) is 0 Å². The molecule has 0 unspecified atom stereocenters. The molecule has 6 nitrogen and oxygen atoms in total. The third-order valence-corrected chi connectivity index (χ3v) is 10.3. The van der Waals surface area contributed by atoms with Gasteiger partial charge < -0.3 is 14.6 Å². The highest BCUT2D eigenvalue weighted by molar-refractivity contribution is 6.01. The Labute approximate surface area is 209 Å². The number of ketones is 2. The molecule has 4 aliphatic carbocycles. The third-order valence-electron chi connectivity index (χ3n) is 10.3. The number of rotatable bonds is 4. The Morgan fingerprint density at radius 2 is 1.89 bits per heavy atom. The lowest BCUT2D eigenvalue weighted by molar-refractivity contribution is -0.166. The van der Waals surface area contributed by atoms with Gasteiger partial charge in [-0.3, -0.25) is 9.59 Å². The average Bonchev–Trinajstić information content (AvgIpc) is 3.55. The molecular weight excluding hydrogens is 463 g/mol. The van der Waals surface area contributed by atoms with E-state index >= 15 is 4.39 Å². The Balaban J connectivity index is 1.30. The van der Waals surface area contributed by atoms with E-state index in [1.165, 1.54) is 12.2 Å². The minimum atomic E-state index is -1.73. The summed E-state index contributed by atoms with van der Waals surface area (Å²) in [5.41, 5.74) is -3.16. The summed E-state index contributed by atoms with van der Waals surface area (Å²) in [4.78, 5) is 38.0. The van der Waals surface area contributed by atoms with Gasteiger partial charge >= 0.3 is 5.97 Å². The monoisotopic (exact) mass is 494 g/mol. The predicted molar refractivity (Wildman–Crippen MR) is 128 cm³/mol. The molecule has 1 aliphatic heterocycles. The van der Waals surface area contributed by atoms with Crippen LogP contribution in [0.5, 0.6) is 0 Å². The van der Waals surface area contributed by atoms with E-state index in [-0.39, 0.29) is 30.1 Å². The first kappa shape index (κ1) is 23.7. The van der Waals surface area contributed by atoms with E-state index in [1.54, 1.807) is 36.4 Å². The highest BCUT2D eigenvalue weighted by Crippen LogP contribution is 2.76. The Bertz CT molecular complexity index is 1220. The molecule has 7 heteroatoms. The summed E-state index contributed by atoms with van der Waals surface area (Å²) in [5.74, 6) is -2.12. The predicted octanol–water partition coefficient (Wildman–Crippen LogP) is 3.78. The van der Waals surface area contributed by atoms with Gasteiger partial charge in [0, 0.05) is 10.8 Å². The standard InChI is InChI=1S/C29H31FO6/c1-16-11-19-20-13-22(30)21-12-18(31)9-10-26(21,2)29(20)24(36-29)14-27(19,3)28(16,34)23(32)15-35-25(33)17-7-5-4-6-8-17/h4-10,12,16,19-20,22,24,34H,11,13-15H2,1-3H3/t16-,19+,20+,22+,24+,26+,27+,28+,29-/m1/s1. The van der Waals surface area contributed by atoms with Crippen molar-refractivity contribution in [3.63, 3.8) is 0 Å². The maximum Gasteiger partial charge on any atom is 0.338 e. The molecule has 190 valence electrons. The second-order valence-corrected chi connectivity index (χ2v) is 11.7. The number of hydrogen-bond acceptors (Lipinski definition) is 6. The van der Waals surface area contributed by atoms with Crippen molar-refractivity contribution in [2.45, 2.75) is 63.5 Å². The first-order chi connectivity index (χ1) is 17.0. The van der Waals surface area contributed by atoms with Gasteiger partial charge in [-0.15, -0.1) is 0 Å². The summed E-state index contributed by atoms with van der Waals surface area (Å²) in [6.07, 6.45) is 4.33. The summed E-state index contributed by atoms with van der Waals surface area (Å²) in [6, 6.07) is 8.41. The Morgan fingerprint density at radius 1 is 1.17 bits per heavy atom. The van der Waals surface area contributed by atoms with Gasteiger partial charge in [-0.25, -0.2) is 9.18 Å². The fourth-order valence-electron chi connectivity index (χ4n) is 8.47. The highest BCUT2D eigenvalue weighted by atomic mass is 19.1. The molecule has 1 heterocycles. The third kappa shape index (κ3) is 2.76. The molecule has 36 heavy (non-hydrogen) atoms. The molecule has 5 aliphatic rings. The van der Waals surface area contributed by atoms with E-state index in [2.05, 4.69) is 0 Å². The smallest absolute Gasteiger partial charge is 0.338 e. The molecule has 1 saturated heterocycles. The molecular formula is C29H31FO6. The van der Waals surface area contributed by atoms with Gasteiger partial charge in [0.2, 0.25) is 5.78 Å². The van der Waals surface area contributed by atoms with E-state index in [0.717, 1.165) is 0 Å². The average molecular weight is 495 g/mol. The van der Waals surface area contributed by atoms with Gasteiger partial charge in [-0.2, -0.15) is 0 Å². The molecule has 0 aromatic heterocycles. The van der Waals surface area contributed by atoms with Crippen LogP contribution in [0.4, 0.5) is 4.39 Å². The fraction of sp³-hybridized carbons (Fsp3) is 0.552. The van der Waals surface area contributed by atoms with Gasteiger partial charge in [0.25, 0.3) is 0 Å². The van der Waals surface area contributed by atoms with E-state index in [9.17, 15) is 19.5 Å². The van der Waals surface area contributed by atoms with Crippen LogP contribution in [0.1, 0.15) is 50.4 Å². The number of benzene rings is 1. The van der Waals surface area contributed by atoms with Crippen LogP contribution < -0.4 is 0 Å². The number of Topliss-reactive ketones (excluding diaryl/α,β-unsaturated/α-hetero) is 1. The second kappa shape index (κ2) is 7.45. The lowest BCUT2D eigenvalue weighted by Gasteiger charge is -2.56. The van der Waals surface area contributed by atoms with E-state index in [4.69, 9.17) is 9.47 Å². The summed E-state index contributed by atoms with van der Waals surface area (Å²) in [5, 5.41) is 12.0. The normalized spacial score (nSPS) is 46.1.